The zero-order chi connectivity index (χ0) is 14.2. The number of hydrogen-bond donors (Lipinski definition) is 1. The molecule has 106 valence electrons. The Bertz CT molecular complexity index is 597. The molecule has 2 N–H and O–H groups in total. The number of fused-ring (bicyclic) bond motifs is 1. The molecule has 0 aliphatic heterocycles. The van der Waals surface area contributed by atoms with E-state index < -0.39 is 5.92 Å². The lowest BCUT2D eigenvalue weighted by Gasteiger charge is -2.32. The second-order valence-electron chi connectivity index (χ2n) is 5.66. The van der Waals surface area contributed by atoms with Gasteiger partial charge in [0.1, 0.15) is 0 Å². The van der Waals surface area contributed by atoms with Crippen molar-refractivity contribution in [1.29, 1.82) is 0 Å². The van der Waals surface area contributed by atoms with Crippen LogP contribution < -0.4 is 5.73 Å². The first-order valence-electron chi connectivity index (χ1n) is 7.03. The molecule has 2 aromatic rings. The predicted molar refractivity (Wildman–Crippen MR) is 75.6 cm³/mol. The molecule has 1 atom stereocenters. The summed E-state index contributed by atoms with van der Waals surface area (Å²) in [6.07, 6.45) is 4.44. The van der Waals surface area contributed by atoms with Crippen LogP contribution in [0.3, 0.4) is 0 Å². The maximum atomic E-state index is 13.2. The lowest BCUT2D eigenvalue weighted by molar-refractivity contribution is -0.0483. The van der Waals surface area contributed by atoms with E-state index in [1.165, 1.54) is 0 Å². The van der Waals surface area contributed by atoms with Crippen LogP contribution >= 0.6 is 0 Å². The number of rotatable bonds is 2. The highest BCUT2D eigenvalue weighted by Crippen LogP contribution is 2.41. The van der Waals surface area contributed by atoms with Crippen molar-refractivity contribution in [3.05, 3.63) is 42.2 Å². The molecule has 1 aliphatic rings. The fourth-order valence-electron chi connectivity index (χ4n) is 3.10. The van der Waals surface area contributed by atoms with Crippen LogP contribution in [-0.2, 0) is 0 Å². The second kappa shape index (κ2) is 5.09. The average molecular weight is 276 g/mol. The zero-order valence-electron chi connectivity index (χ0n) is 11.2. The van der Waals surface area contributed by atoms with Crippen LogP contribution in [-0.4, -0.2) is 10.9 Å². The summed E-state index contributed by atoms with van der Waals surface area (Å²) in [6, 6.07) is 7.72. The predicted octanol–water partition coefficient (Wildman–Crippen LogP) is 4.06. The summed E-state index contributed by atoms with van der Waals surface area (Å²) in [5.74, 6) is -2.38. The molecule has 0 spiro atoms. The van der Waals surface area contributed by atoms with Crippen LogP contribution in [0.25, 0.3) is 10.8 Å². The van der Waals surface area contributed by atoms with E-state index in [0.717, 1.165) is 16.3 Å². The van der Waals surface area contributed by atoms with Crippen molar-refractivity contribution in [2.24, 2.45) is 11.7 Å². The summed E-state index contributed by atoms with van der Waals surface area (Å²) in [5, 5.41) is 2.12. The van der Waals surface area contributed by atoms with E-state index >= 15 is 0 Å². The minimum absolute atomic E-state index is 0.0472. The molecule has 1 aromatic heterocycles. The Morgan fingerprint density at radius 1 is 1.20 bits per heavy atom. The molecule has 1 fully saturated rings. The Labute approximate surface area is 117 Å². The third-order valence-electron chi connectivity index (χ3n) is 4.35. The van der Waals surface area contributed by atoms with E-state index in [4.69, 9.17) is 5.73 Å². The van der Waals surface area contributed by atoms with E-state index in [2.05, 4.69) is 4.98 Å². The Morgan fingerprint density at radius 3 is 2.70 bits per heavy atom. The highest BCUT2D eigenvalue weighted by Gasteiger charge is 2.37. The van der Waals surface area contributed by atoms with E-state index in [0.29, 0.717) is 12.8 Å². The molecular weight excluding hydrogens is 258 g/mol. The Kier molecular flexibility index (Phi) is 3.42. The van der Waals surface area contributed by atoms with Crippen LogP contribution in [0.4, 0.5) is 8.78 Å². The fourth-order valence-corrected chi connectivity index (χ4v) is 3.10. The quantitative estimate of drug-likeness (QED) is 0.898. The number of hydrogen-bond acceptors (Lipinski definition) is 2. The minimum atomic E-state index is -2.50. The largest absolute Gasteiger partial charge is 0.324 e. The molecule has 1 saturated carbocycles. The molecular formula is C16H18F2N2. The zero-order valence-corrected chi connectivity index (χ0v) is 11.2. The van der Waals surface area contributed by atoms with Gasteiger partial charge >= 0.3 is 0 Å². The van der Waals surface area contributed by atoms with Crippen molar-refractivity contribution in [2.75, 3.05) is 0 Å². The average Bonchev–Trinajstić information content (AvgIpc) is 2.46. The molecule has 4 heteroatoms. The molecule has 3 rings (SSSR count). The van der Waals surface area contributed by atoms with Crippen LogP contribution in [0.2, 0.25) is 0 Å². The van der Waals surface area contributed by atoms with Gasteiger partial charge in [0.05, 0.1) is 0 Å². The Balaban J connectivity index is 1.88. The number of nitrogens with zero attached hydrogens (tertiary/aromatic N) is 1. The van der Waals surface area contributed by atoms with E-state index in [-0.39, 0.29) is 24.8 Å². The fraction of sp³-hybridized carbons (Fsp3) is 0.438. The van der Waals surface area contributed by atoms with Crippen molar-refractivity contribution in [1.82, 2.24) is 4.98 Å². The monoisotopic (exact) mass is 276 g/mol. The van der Waals surface area contributed by atoms with Gasteiger partial charge in [0.2, 0.25) is 5.92 Å². The lowest BCUT2D eigenvalue weighted by Crippen LogP contribution is -2.31. The van der Waals surface area contributed by atoms with E-state index in [1.54, 1.807) is 6.20 Å². The van der Waals surface area contributed by atoms with Crippen LogP contribution in [0.5, 0.6) is 0 Å². The van der Waals surface area contributed by atoms with Gasteiger partial charge in [-0.25, -0.2) is 8.78 Å². The maximum Gasteiger partial charge on any atom is 0.248 e. The van der Waals surface area contributed by atoms with E-state index in [9.17, 15) is 8.78 Å². The summed E-state index contributed by atoms with van der Waals surface area (Å²) in [4.78, 5) is 4.15. The summed E-state index contributed by atoms with van der Waals surface area (Å²) >= 11 is 0. The van der Waals surface area contributed by atoms with Crippen molar-refractivity contribution in [3.8, 4) is 0 Å². The van der Waals surface area contributed by atoms with Crippen molar-refractivity contribution >= 4 is 10.8 Å². The minimum Gasteiger partial charge on any atom is -0.324 e. The lowest BCUT2D eigenvalue weighted by atomic mass is 9.79. The number of alkyl halides is 2. The molecule has 2 nitrogen and oxygen atoms in total. The molecule has 1 heterocycles. The molecule has 0 bridgehead atoms. The number of nitrogens with two attached hydrogens (primary N) is 1. The van der Waals surface area contributed by atoms with Crippen LogP contribution in [0.15, 0.2) is 36.7 Å². The highest BCUT2D eigenvalue weighted by atomic mass is 19.3. The first-order chi connectivity index (χ1) is 9.57. The molecule has 20 heavy (non-hydrogen) atoms. The molecule has 1 unspecified atom stereocenters. The first-order valence-corrected chi connectivity index (χ1v) is 7.03. The maximum absolute atomic E-state index is 13.2. The Hall–Kier alpha value is -1.55. The van der Waals surface area contributed by atoms with Gasteiger partial charge in [-0.05, 0) is 35.8 Å². The van der Waals surface area contributed by atoms with Crippen LogP contribution in [0.1, 0.15) is 37.3 Å². The smallest absolute Gasteiger partial charge is 0.248 e. The van der Waals surface area contributed by atoms with Gasteiger partial charge in [-0.1, -0.05) is 18.2 Å². The standard InChI is InChI=1S/C16H18F2N2/c17-16(18)7-4-12(5-8-16)15(19)13-3-1-2-11-6-9-20-10-14(11)13/h1-3,6,9-10,12,15H,4-5,7-8,19H2. The van der Waals surface area contributed by atoms with Gasteiger partial charge in [0.25, 0.3) is 0 Å². The van der Waals surface area contributed by atoms with Gasteiger partial charge in [-0.2, -0.15) is 0 Å². The van der Waals surface area contributed by atoms with Crippen molar-refractivity contribution in [3.63, 3.8) is 0 Å². The van der Waals surface area contributed by atoms with Gasteiger partial charge in [-0.3, -0.25) is 4.98 Å². The van der Waals surface area contributed by atoms with Crippen LogP contribution in [0, 0.1) is 5.92 Å². The van der Waals surface area contributed by atoms with Gasteiger partial charge < -0.3 is 5.73 Å². The SMILES string of the molecule is NC(c1cccc2ccncc12)C1CCC(F)(F)CC1. The highest BCUT2D eigenvalue weighted by molar-refractivity contribution is 5.85. The molecule has 0 amide bonds. The number of halogens is 2. The van der Waals surface area contributed by atoms with Crippen molar-refractivity contribution in [2.45, 2.75) is 37.6 Å². The first kappa shape index (κ1) is 13.4. The van der Waals surface area contributed by atoms with E-state index in [1.807, 2.05) is 30.5 Å². The third kappa shape index (κ3) is 2.52. The Morgan fingerprint density at radius 2 is 1.95 bits per heavy atom. The summed E-state index contributed by atoms with van der Waals surface area (Å²) in [5.41, 5.74) is 7.37. The van der Waals surface area contributed by atoms with Gasteiger partial charge in [0, 0.05) is 36.7 Å². The van der Waals surface area contributed by atoms with Gasteiger partial charge in [0.15, 0.2) is 0 Å². The molecule has 1 aromatic carbocycles. The van der Waals surface area contributed by atoms with Gasteiger partial charge in [-0.15, -0.1) is 0 Å². The topological polar surface area (TPSA) is 38.9 Å². The van der Waals surface area contributed by atoms with Crippen molar-refractivity contribution < 1.29 is 8.78 Å². The summed E-state index contributed by atoms with van der Waals surface area (Å²) < 4.78 is 26.5. The summed E-state index contributed by atoms with van der Waals surface area (Å²) in [7, 11) is 0. The molecule has 0 saturated heterocycles. The number of pyridine rings is 1. The number of benzene rings is 1. The molecule has 0 radical (unpaired) electrons. The second-order valence-corrected chi connectivity index (χ2v) is 5.66. The third-order valence-corrected chi connectivity index (χ3v) is 4.35. The molecule has 1 aliphatic carbocycles. The number of aromatic nitrogens is 1. The normalized spacial score (nSPS) is 20.9. The summed E-state index contributed by atoms with van der Waals surface area (Å²) in [6.45, 7) is 0.